The number of allylic oxidation sites excluding steroid dienone is 2. The van der Waals surface area contributed by atoms with Crippen LogP contribution in [0.4, 0.5) is 5.69 Å². The highest BCUT2D eigenvalue weighted by Crippen LogP contribution is 2.50. The van der Waals surface area contributed by atoms with Crippen LogP contribution in [0.1, 0.15) is 58.7 Å². The Morgan fingerprint density at radius 2 is 1.86 bits per heavy atom. The maximum Gasteiger partial charge on any atom is 0.250 e. The van der Waals surface area contributed by atoms with Gasteiger partial charge in [0.1, 0.15) is 0 Å². The van der Waals surface area contributed by atoms with Crippen LogP contribution in [0.2, 0.25) is 5.02 Å². The van der Waals surface area contributed by atoms with E-state index in [9.17, 15) is 4.79 Å². The molecule has 5 rings (SSSR count). The van der Waals surface area contributed by atoms with Gasteiger partial charge in [0, 0.05) is 22.4 Å². The molecule has 0 fully saturated rings. The van der Waals surface area contributed by atoms with E-state index in [-0.39, 0.29) is 11.9 Å². The molecule has 2 aliphatic rings. The fourth-order valence-corrected chi connectivity index (χ4v) is 6.52. The lowest BCUT2D eigenvalue weighted by atomic mass is 9.76. The molecule has 0 unspecified atom stereocenters. The first-order chi connectivity index (χ1) is 17.9. The number of nitrogens with zero attached hydrogens (tertiary/aromatic N) is 1. The molecule has 1 aliphatic heterocycles. The van der Waals surface area contributed by atoms with Crippen molar-refractivity contribution in [2.24, 2.45) is 11.0 Å². The summed E-state index contributed by atoms with van der Waals surface area (Å²) in [4.78, 5) is 12.4. The lowest BCUT2D eigenvalue weighted by molar-refractivity contribution is -0.118. The van der Waals surface area contributed by atoms with Crippen LogP contribution in [0.5, 0.6) is 0 Å². The molecule has 3 aromatic carbocycles. The van der Waals surface area contributed by atoms with Gasteiger partial charge in [0.15, 0.2) is 0 Å². The Hall–Kier alpha value is -3.02. The van der Waals surface area contributed by atoms with Gasteiger partial charge < -0.3 is 5.32 Å². The monoisotopic (exact) mass is 529 g/mol. The van der Waals surface area contributed by atoms with Crippen LogP contribution in [0, 0.1) is 19.8 Å². The minimum absolute atomic E-state index is 0.0882. The number of anilines is 1. The summed E-state index contributed by atoms with van der Waals surface area (Å²) in [5, 5.41) is 8.96. The maximum atomic E-state index is 12.4. The van der Waals surface area contributed by atoms with Gasteiger partial charge in [0.2, 0.25) is 5.91 Å². The van der Waals surface area contributed by atoms with Crippen LogP contribution in [-0.2, 0) is 10.5 Å². The lowest BCUT2D eigenvalue weighted by Gasteiger charge is -2.38. The van der Waals surface area contributed by atoms with Crippen molar-refractivity contribution in [1.82, 2.24) is 5.43 Å². The average molecular weight is 530 g/mol. The minimum Gasteiger partial charge on any atom is -0.378 e. The molecule has 0 radical (unpaired) electrons. The van der Waals surface area contributed by atoms with E-state index in [4.69, 9.17) is 11.6 Å². The second-order valence-electron chi connectivity index (χ2n) is 10.0. The highest BCUT2D eigenvalue weighted by Gasteiger charge is 2.38. The van der Waals surface area contributed by atoms with Crippen LogP contribution in [0.15, 0.2) is 77.9 Å². The van der Waals surface area contributed by atoms with Gasteiger partial charge in [-0.05, 0) is 73.6 Å². The number of nitrogens with one attached hydrogen (secondary N) is 2. The summed E-state index contributed by atoms with van der Waals surface area (Å²) < 4.78 is 0. The van der Waals surface area contributed by atoms with Crippen molar-refractivity contribution >= 4 is 40.7 Å². The molecule has 0 saturated heterocycles. The quantitative estimate of drug-likeness (QED) is 0.189. The van der Waals surface area contributed by atoms with Crippen molar-refractivity contribution in [3.8, 4) is 0 Å². The van der Waals surface area contributed by atoms with Crippen LogP contribution >= 0.6 is 23.4 Å². The molecule has 6 heteroatoms. The molecule has 3 aromatic rings. The number of carbonyl (C=O) groups excluding carboxylic acids is 1. The first kappa shape index (κ1) is 25.6. The van der Waals surface area contributed by atoms with Gasteiger partial charge >= 0.3 is 0 Å². The van der Waals surface area contributed by atoms with Gasteiger partial charge in [-0.1, -0.05) is 77.3 Å². The maximum absolute atomic E-state index is 12.4. The summed E-state index contributed by atoms with van der Waals surface area (Å²) in [5.41, 5.74) is 11.8. The predicted octanol–water partition coefficient (Wildman–Crippen LogP) is 7.56. The van der Waals surface area contributed by atoms with Gasteiger partial charge in [0.25, 0.3) is 0 Å². The van der Waals surface area contributed by atoms with Crippen LogP contribution < -0.4 is 10.7 Å². The number of benzene rings is 3. The number of carbonyl (C=O) groups is 1. The number of rotatable bonds is 7. The Morgan fingerprint density at radius 1 is 1.08 bits per heavy atom. The van der Waals surface area contributed by atoms with Crippen molar-refractivity contribution in [3.63, 3.8) is 0 Å². The zero-order valence-electron chi connectivity index (χ0n) is 21.4. The average Bonchev–Trinajstić information content (AvgIpc) is 3.37. The van der Waals surface area contributed by atoms with Crippen molar-refractivity contribution < 1.29 is 4.79 Å². The highest BCUT2D eigenvalue weighted by molar-refractivity contribution is 7.99. The summed E-state index contributed by atoms with van der Waals surface area (Å²) in [5.74, 6) is 1.82. The standard InChI is InChI=1S/C31H32ClN3OS/c1-19-13-20(2)15-22(14-19)17-37-18-30(36)35-34-21(3)23-11-12-29-27(16-23)24-8-6-9-25(24)31(33-29)26-7-4-5-10-28(26)32/h4-8,10-16,24-25,31,33H,9,17-18H2,1-3H3,(H,35,36)/b34-21-/t24-,25+,31-/m1/s1. The first-order valence-corrected chi connectivity index (χ1v) is 14.2. The number of amides is 1. The van der Waals surface area contributed by atoms with Crippen molar-refractivity contribution in [1.29, 1.82) is 0 Å². The molecule has 37 heavy (non-hydrogen) atoms. The fourth-order valence-electron chi connectivity index (χ4n) is 5.51. The Balaban J connectivity index is 1.24. The van der Waals surface area contributed by atoms with Crippen molar-refractivity contribution in [3.05, 3.63) is 111 Å². The third-order valence-electron chi connectivity index (χ3n) is 7.15. The largest absolute Gasteiger partial charge is 0.378 e. The van der Waals surface area contributed by atoms with E-state index in [0.29, 0.717) is 17.6 Å². The zero-order valence-corrected chi connectivity index (χ0v) is 23.0. The topological polar surface area (TPSA) is 53.5 Å². The summed E-state index contributed by atoms with van der Waals surface area (Å²) in [7, 11) is 0. The van der Waals surface area contributed by atoms with Gasteiger partial charge in [0.05, 0.1) is 17.5 Å². The number of aryl methyl sites for hydroxylation is 2. The summed E-state index contributed by atoms with van der Waals surface area (Å²) in [6.45, 7) is 6.14. The molecule has 3 atom stereocenters. The number of halogens is 1. The van der Waals surface area contributed by atoms with E-state index in [1.807, 2.05) is 19.1 Å². The van der Waals surface area contributed by atoms with E-state index in [1.54, 1.807) is 11.8 Å². The van der Waals surface area contributed by atoms with Crippen LogP contribution in [0.25, 0.3) is 0 Å². The van der Waals surface area contributed by atoms with Crippen LogP contribution in [-0.4, -0.2) is 17.4 Å². The van der Waals surface area contributed by atoms with Crippen LogP contribution in [0.3, 0.4) is 0 Å². The van der Waals surface area contributed by atoms with E-state index in [2.05, 4.69) is 90.4 Å². The van der Waals surface area contributed by atoms with E-state index in [0.717, 1.165) is 39.7 Å². The number of hydrogen-bond acceptors (Lipinski definition) is 4. The van der Waals surface area contributed by atoms with E-state index >= 15 is 0 Å². The summed E-state index contributed by atoms with van der Waals surface area (Å²) in [6, 6.07) is 21.2. The second-order valence-corrected chi connectivity index (χ2v) is 11.4. The Kier molecular flexibility index (Phi) is 7.73. The molecule has 190 valence electrons. The molecule has 1 aliphatic carbocycles. The number of hydrogen-bond donors (Lipinski definition) is 2. The number of thioether (sulfide) groups is 1. The van der Waals surface area contributed by atoms with Gasteiger partial charge in [-0.2, -0.15) is 5.10 Å². The molecule has 1 heterocycles. The third kappa shape index (κ3) is 5.78. The fraction of sp³-hybridized carbons (Fsp3) is 0.290. The van der Waals surface area contributed by atoms with E-state index in [1.165, 1.54) is 22.3 Å². The molecule has 0 aromatic heterocycles. The molecule has 4 nitrogen and oxygen atoms in total. The molecular weight excluding hydrogens is 498 g/mol. The second kappa shape index (κ2) is 11.2. The Morgan fingerprint density at radius 3 is 2.65 bits per heavy atom. The van der Waals surface area contributed by atoms with Crippen molar-refractivity contribution in [2.75, 3.05) is 11.1 Å². The first-order valence-electron chi connectivity index (χ1n) is 12.7. The SMILES string of the molecule is C/C(=N/NC(=O)CSCc1cc(C)cc(C)c1)c1ccc2c(c1)[C@@H]1C=CC[C@@H]1[C@H](c1ccccc1Cl)N2. The predicted molar refractivity (Wildman–Crippen MR) is 157 cm³/mol. The molecule has 1 amide bonds. The zero-order chi connectivity index (χ0) is 25.9. The third-order valence-corrected chi connectivity index (χ3v) is 8.50. The molecule has 0 spiro atoms. The minimum atomic E-state index is -0.0882. The number of hydrazone groups is 1. The van der Waals surface area contributed by atoms with Crippen molar-refractivity contribution in [2.45, 2.75) is 44.9 Å². The molecule has 0 bridgehead atoms. The number of fused-ring (bicyclic) bond motifs is 3. The molecule has 0 saturated carbocycles. The highest BCUT2D eigenvalue weighted by atomic mass is 35.5. The Bertz CT molecular complexity index is 1360. The molecule has 2 N–H and O–H groups in total. The summed E-state index contributed by atoms with van der Waals surface area (Å²) in [6.07, 6.45) is 5.61. The van der Waals surface area contributed by atoms with Gasteiger partial charge in [-0.15, -0.1) is 11.8 Å². The van der Waals surface area contributed by atoms with E-state index < -0.39 is 0 Å². The van der Waals surface area contributed by atoms with Gasteiger partial charge in [-0.3, -0.25) is 4.79 Å². The molecular formula is C31H32ClN3OS. The summed E-state index contributed by atoms with van der Waals surface area (Å²) >= 11 is 8.17. The normalized spacial score (nSPS) is 20.2. The lowest BCUT2D eigenvalue weighted by Crippen LogP contribution is -2.29. The Labute approximate surface area is 228 Å². The van der Waals surface area contributed by atoms with Gasteiger partial charge in [-0.25, -0.2) is 5.43 Å². The smallest absolute Gasteiger partial charge is 0.250 e.